The minimum Gasteiger partial charge on any atom is -0.497 e. The molecule has 0 bridgehead atoms. The number of carbonyl (C=O) groups excluding carboxylic acids is 1. The van der Waals surface area contributed by atoms with Gasteiger partial charge in [0.05, 0.1) is 7.11 Å². The Bertz CT molecular complexity index is 704. The first-order valence-electron chi connectivity index (χ1n) is 9.82. The van der Waals surface area contributed by atoms with Gasteiger partial charge in [0.2, 0.25) is 0 Å². The molecule has 0 spiro atoms. The third-order valence-electron chi connectivity index (χ3n) is 4.73. The number of benzene rings is 2. The molecule has 0 aliphatic rings. The summed E-state index contributed by atoms with van der Waals surface area (Å²) in [6.45, 7) is 5.86. The summed E-state index contributed by atoms with van der Waals surface area (Å²) >= 11 is 0. The van der Waals surface area contributed by atoms with Crippen molar-refractivity contribution >= 4 is 5.91 Å². The van der Waals surface area contributed by atoms with Gasteiger partial charge in [-0.15, -0.1) is 0 Å². The van der Waals surface area contributed by atoms with Gasteiger partial charge >= 0.3 is 0 Å². The van der Waals surface area contributed by atoms with Crippen LogP contribution in [0.2, 0.25) is 0 Å². The maximum Gasteiger partial charge on any atom is 0.253 e. The molecule has 2 aromatic carbocycles. The van der Waals surface area contributed by atoms with Crippen molar-refractivity contribution in [1.29, 1.82) is 0 Å². The van der Waals surface area contributed by atoms with Gasteiger partial charge in [-0.1, -0.05) is 51.0 Å². The normalized spacial score (nSPS) is 11.9. The summed E-state index contributed by atoms with van der Waals surface area (Å²) in [6, 6.07) is 14.7. The molecule has 0 radical (unpaired) electrons. The SMILES string of the molecule is CCCCN(CCCC)C(=O)c1ccc(C(O)c2cccc(OC)c2)cc1. The molecule has 0 heterocycles. The highest BCUT2D eigenvalue weighted by Crippen LogP contribution is 2.25. The Kier molecular flexibility index (Phi) is 8.34. The van der Waals surface area contributed by atoms with E-state index < -0.39 is 6.10 Å². The number of aliphatic hydroxyl groups excluding tert-OH is 1. The van der Waals surface area contributed by atoms with Gasteiger partial charge in [-0.05, 0) is 48.2 Å². The monoisotopic (exact) mass is 369 g/mol. The molecule has 0 aliphatic heterocycles. The Hall–Kier alpha value is -2.33. The molecule has 0 saturated heterocycles. The van der Waals surface area contributed by atoms with E-state index in [4.69, 9.17) is 4.74 Å². The Labute approximate surface area is 162 Å². The van der Waals surface area contributed by atoms with Crippen LogP contribution in [0, 0.1) is 0 Å². The first kappa shape index (κ1) is 21.0. The Morgan fingerprint density at radius 2 is 1.63 bits per heavy atom. The molecule has 1 N–H and O–H groups in total. The first-order valence-corrected chi connectivity index (χ1v) is 9.82. The van der Waals surface area contributed by atoms with Crippen LogP contribution in [-0.2, 0) is 0 Å². The summed E-state index contributed by atoms with van der Waals surface area (Å²) in [5, 5.41) is 10.6. The summed E-state index contributed by atoms with van der Waals surface area (Å²) < 4.78 is 5.22. The molecule has 4 nitrogen and oxygen atoms in total. The van der Waals surface area contributed by atoms with Crippen LogP contribution in [0.15, 0.2) is 48.5 Å². The van der Waals surface area contributed by atoms with Crippen molar-refractivity contribution in [3.63, 3.8) is 0 Å². The molecule has 27 heavy (non-hydrogen) atoms. The number of carbonyl (C=O) groups is 1. The highest BCUT2D eigenvalue weighted by molar-refractivity contribution is 5.94. The lowest BCUT2D eigenvalue weighted by Crippen LogP contribution is -2.32. The van der Waals surface area contributed by atoms with Crippen LogP contribution < -0.4 is 4.74 Å². The van der Waals surface area contributed by atoms with Gasteiger partial charge in [0.1, 0.15) is 11.9 Å². The van der Waals surface area contributed by atoms with E-state index in [0.717, 1.165) is 49.9 Å². The number of nitrogens with zero attached hydrogens (tertiary/aromatic N) is 1. The smallest absolute Gasteiger partial charge is 0.253 e. The lowest BCUT2D eigenvalue weighted by atomic mass is 10.00. The summed E-state index contributed by atoms with van der Waals surface area (Å²) in [6.07, 6.45) is 3.42. The number of hydrogen-bond acceptors (Lipinski definition) is 3. The highest BCUT2D eigenvalue weighted by atomic mass is 16.5. The second-order valence-electron chi connectivity index (χ2n) is 6.80. The summed E-state index contributed by atoms with van der Waals surface area (Å²) in [4.78, 5) is 14.8. The largest absolute Gasteiger partial charge is 0.497 e. The predicted octanol–water partition coefficient (Wildman–Crippen LogP) is 4.82. The standard InChI is InChI=1S/C23H31NO3/c1-4-6-15-24(16-7-5-2)23(26)19-13-11-18(12-14-19)22(25)20-9-8-10-21(17-20)27-3/h8-14,17,22,25H,4-7,15-16H2,1-3H3. The third-order valence-corrected chi connectivity index (χ3v) is 4.73. The van der Waals surface area contributed by atoms with E-state index in [0.29, 0.717) is 11.3 Å². The van der Waals surface area contributed by atoms with Gasteiger partial charge in [0.15, 0.2) is 0 Å². The van der Waals surface area contributed by atoms with E-state index in [1.165, 1.54) is 0 Å². The summed E-state index contributed by atoms with van der Waals surface area (Å²) in [5.41, 5.74) is 2.19. The molecule has 2 aromatic rings. The number of ether oxygens (including phenoxy) is 1. The van der Waals surface area contributed by atoms with E-state index in [1.807, 2.05) is 53.4 Å². The first-order chi connectivity index (χ1) is 13.1. The minimum atomic E-state index is -0.750. The van der Waals surface area contributed by atoms with E-state index in [-0.39, 0.29) is 5.91 Å². The molecule has 0 aliphatic carbocycles. The van der Waals surface area contributed by atoms with Gasteiger partial charge in [0.25, 0.3) is 5.91 Å². The Balaban J connectivity index is 2.13. The van der Waals surface area contributed by atoms with Gasteiger partial charge < -0.3 is 14.7 Å². The van der Waals surface area contributed by atoms with Gasteiger partial charge in [0, 0.05) is 18.7 Å². The predicted molar refractivity (Wildman–Crippen MR) is 109 cm³/mol. The lowest BCUT2D eigenvalue weighted by molar-refractivity contribution is 0.0751. The molecule has 2 rings (SSSR count). The highest BCUT2D eigenvalue weighted by Gasteiger charge is 2.16. The van der Waals surface area contributed by atoms with Crippen molar-refractivity contribution in [1.82, 2.24) is 4.90 Å². The molecule has 146 valence electrons. The van der Waals surface area contributed by atoms with Crippen LogP contribution in [0.3, 0.4) is 0 Å². The third kappa shape index (κ3) is 5.83. The van der Waals surface area contributed by atoms with E-state index in [2.05, 4.69) is 13.8 Å². The van der Waals surface area contributed by atoms with Gasteiger partial charge in [-0.3, -0.25) is 4.79 Å². The molecule has 1 atom stereocenters. The number of unbranched alkanes of at least 4 members (excludes halogenated alkanes) is 2. The molecule has 0 saturated carbocycles. The van der Waals surface area contributed by atoms with Crippen molar-refractivity contribution in [2.45, 2.75) is 45.6 Å². The van der Waals surface area contributed by atoms with Crippen LogP contribution in [0.5, 0.6) is 5.75 Å². The quantitative estimate of drug-likeness (QED) is 0.653. The summed E-state index contributed by atoms with van der Waals surface area (Å²) in [7, 11) is 1.61. The zero-order chi connectivity index (χ0) is 19.6. The molecule has 1 amide bonds. The number of hydrogen-bond donors (Lipinski definition) is 1. The fraction of sp³-hybridized carbons (Fsp3) is 0.435. The maximum atomic E-state index is 12.8. The van der Waals surface area contributed by atoms with Crippen LogP contribution in [0.25, 0.3) is 0 Å². The van der Waals surface area contributed by atoms with Crippen molar-refractivity contribution in [3.8, 4) is 5.75 Å². The fourth-order valence-corrected chi connectivity index (χ4v) is 3.01. The molecule has 4 heteroatoms. The second kappa shape index (κ2) is 10.7. The van der Waals surface area contributed by atoms with Crippen LogP contribution in [-0.4, -0.2) is 36.1 Å². The lowest BCUT2D eigenvalue weighted by Gasteiger charge is -2.23. The molecule has 0 fully saturated rings. The number of rotatable bonds is 10. The van der Waals surface area contributed by atoms with Crippen LogP contribution in [0.1, 0.15) is 67.1 Å². The number of amides is 1. The van der Waals surface area contributed by atoms with Crippen LogP contribution >= 0.6 is 0 Å². The fourth-order valence-electron chi connectivity index (χ4n) is 3.01. The Morgan fingerprint density at radius 3 is 2.19 bits per heavy atom. The van der Waals surface area contributed by atoms with E-state index in [1.54, 1.807) is 7.11 Å². The average molecular weight is 370 g/mol. The van der Waals surface area contributed by atoms with Crippen molar-refractivity contribution in [3.05, 3.63) is 65.2 Å². The minimum absolute atomic E-state index is 0.0688. The van der Waals surface area contributed by atoms with E-state index >= 15 is 0 Å². The van der Waals surface area contributed by atoms with Gasteiger partial charge in [-0.2, -0.15) is 0 Å². The van der Waals surface area contributed by atoms with Crippen molar-refractivity contribution in [2.75, 3.05) is 20.2 Å². The van der Waals surface area contributed by atoms with E-state index in [9.17, 15) is 9.90 Å². The van der Waals surface area contributed by atoms with Crippen LogP contribution in [0.4, 0.5) is 0 Å². The average Bonchev–Trinajstić information content (AvgIpc) is 2.73. The second-order valence-corrected chi connectivity index (χ2v) is 6.80. The zero-order valence-corrected chi connectivity index (χ0v) is 16.6. The molecule has 0 aromatic heterocycles. The number of aliphatic hydroxyl groups is 1. The zero-order valence-electron chi connectivity index (χ0n) is 16.6. The van der Waals surface area contributed by atoms with Crippen molar-refractivity contribution in [2.24, 2.45) is 0 Å². The van der Waals surface area contributed by atoms with Gasteiger partial charge in [-0.25, -0.2) is 0 Å². The topological polar surface area (TPSA) is 49.8 Å². The molecular weight excluding hydrogens is 338 g/mol. The maximum absolute atomic E-state index is 12.8. The van der Waals surface area contributed by atoms with Crippen molar-refractivity contribution < 1.29 is 14.6 Å². The molecular formula is C23H31NO3. The Morgan fingerprint density at radius 1 is 1.00 bits per heavy atom. The molecule has 1 unspecified atom stereocenters. The number of methoxy groups -OCH3 is 1. The summed E-state index contributed by atoms with van der Waals surface area (Å²) in [5.74, 6) is 0.778.